The molecule has 10 nitrogen and oxygen atoms in total. The molecule has 0 bridgehead atoms. The first-order valence-electron chi connectivity index (χ1n) is 11.2. The van der Waals surface area contributed by atoms with Gasteiger partial charge in [0.25, 0.3) is 0 Å². The Hall–Kier alpha value is -2.01. The van der Waals surface area contributed by atoms with Crippen LogP contribution in [0.2, 0.25) is 0 Å². The Balaban J connectivity index is 1.19. The van der Waals surface area contributed by atoms with E-state index in [9.17, 15) is 0 Å². The first-order valence-corrected chi connectivity index (χ1v) is 11.2. The lowest BCUT2D eigenvalue weighted by molar-refractivity contribution is 0.0114. The number of nitrogens with zero attached hydrogens (tertiary/aromatic N) is 6. The van der Waals surface area contributed by atoms with Crippen LogP contribution in [0, 0.1) is 0 Å². The zero-order valence-electron chi connectivity index (χ0n) is 17.6. The van der Waals surface area contributed by atoms with Crippen LogP contribution in [-0.4, -0.2) is 115 Å². The molecule has 0 aliphatic carbocycles. The Kier molecular flexibility index (Phi) is 6.26. The number of nitrogens with one attached hydrogen (secondary N) is 2. The lowest BCUT2D eigenvalue weighted by Crippen LogP contribution is -2.49. The molecule has 0 amide bonds. The van der Waals surface area contributed by atoms with Crippen molar-refractivity contribution in [2.24, 2.45) is 0 Å². The first-order chi connectivity index (χ1) is 14.9. The van der Waals surface area contributed by atoms with Crippen LogP contribution < -0.4 is 10.2 Å². The average Bonchev–Trinajstić information content (AvgIpc) is 3.26. The molecular formula is C20H32N8O2. The fraction of sp³-hybridized carbons (Fsp3) is 0.750. The van der Waals surface area contributed by atoms with Gasteiger partial charge < -0.3 is 24.7 Å². The fourth-order valence-electron chi connectivity index (χ4n) is 4.64. The summed E-state index contributed by atoms with van der Waals surface area (Å²) in [6.45, 7) is 11.3. The van der Waals surface area contributed by atoms with Crippen LogP contribution in [0.4, 0.5) is 11.8 Å². The minimum atomic E-state index is 0.659. The van der Waals surface area contributed by atoms with E-state index in [-0.39, 0.29) is 0 Å². The van der Waals surface area contributed by atoms with Gasteiger partial charge in [0.2, 0.25) is 5.95 Å². The summed E-state index contributed by atoms with van der Waals surface area (Å²) in [5, 5.41) is 3.46. The zero-order valence-corrected chi connectivity index (χ0v) is 17.6. The first kappa shape index (κ1) is 19.9. The number of imidazole rings is 1. The summed E-state index contributed by atoms with van der Waals surface area (Å²) in [6.07, 6.45) is 3.91. The molecule has 30 heavy (non-hydrogen) atoms. The van der Waals surface area contributed by atoms with Gasteiger partial charge in [-0.05, 0) is 12.8 Å². The Morgan fingerprint density at radius 1 is 0.967 bits per heavy atom. The minimum absolute atomic E-state index is 0.659. The number of hydrogen-bond acceptors (Lipinski definition) is 9. The largest absolute Gasteiger partial charge is 0.379 e. The van der Waals surface area contributed by atoms with Gasteiger partial charge in [0, 0.05) is 58.4 Å². The van der Waals surface area contributed by atoms with E-state index < -0.39 is 0 Å². The van der Waals surface area contributed by atoms with E-state index >= 15 is 0 Å². The number of hydrogen-bond donors (Lipinski definition) is 2. The lowest BCUT2D eigenvalue weighted by Gasteiger charge is -2.40. The predicted molar refractivity (Wildman–Crippen MR) is 115 cm³/mol. The Morgan fingerprint density at radius 2 is 1.70 bits per heavy atom. The van der Waals surface area contributed by atoms with E-state index in [1.54, 1.807) is 6.33 Å². The molecule has 0 unspecified atom stereocenters. The summed E-state index contributed by atoms with van der Waals surface area (Å²) >= 11 is 0. The standard InChI is InChI=1S/C20H32N8O2/c1-4-28(5-2-16(1)27-9-13-30-14-10-27)20-24-17-18(22-15-23-19(17)25-20)21-3-6-26-7-11-29-12-8-26/h15-16H,1-14H2,(H2,21,22,23,24,25). The molecule has 0 aromatic carbocycles. The second-order valence-corrected chi connectivity index (χ2v) is 8.23. The van der Waals surface area contributed by atoms with Gasteiger partial charge >= 0.3 is 0 Å². The Morgan fingerprint density at radius 3 is 2.47 bits per heavy atom. The van der Waals surface area contributed by atoms with Crippen LogP contribution in [-0.2, 0) is 9.47 Å². The predicted octanol–water partition coefficient (Wildman–Crippen LogP) is 0.398. The van der Waals surface area contributed by atoms with Gasteiger partial charge in [0.1, 0.15) is 11.8 Å². The highest BCUT2D eigenvalue weighted by Gasteiger charge is 2.27. The molecule has 0 saturated carbocycles. The normalized spacial score (nSPS) is 22.6. The van der Waals surface area contributed by atoms with Gasteiger partial charge in [-0.1, -0.05) is 0 Å². The van der Waals surface area contributed by atoms with Crippen molar-refractivity contribution in [1.82, 2.24) is 29.7 Å². The third-order valence-corrected chi connectivity index (χ3v) is 6.43. The summed E-state index contributed by atoms with van der Waals surface area (Å²) in [5.74, 6) is 1.73. The number of aromatic amines is 1. The second kappa shape index (κ2) is 9.42. The van der Waals surface area contributed by atoms with Crippen LogP contribution in [0.25, 0.3) is 11.2 Å². The van der Waals surface area contributed by atoms with Crippen molar-refractivity contribution in [2.75, 3.05) is 89.0 Å². The van der Waals surface area contributed by atoms with Crippen LogP contribution in [0.3, 0.4) is 0 Å². The molecule has 10 heteroatoms. The maximum absolute atomic E-state index is 5.49. The quantitative estimate of drug-likeness (QED) is 0.694. The monoisotopic (exact) mass is 416 g/mol. The maximum atomic E-state index is 5.49. The van der Waals surface area contributed by atoms with Crippen molar-refractivity contribution < 1.29 is 9.47 Å². The molecule has 0 spiro atoms. The number of aromatic nitrogens is 4. The number of piperidine rings is 1. The summed E-state index contributed by atoms with van der Waals surface area (Å²) in [6, 6.07) is 0.659. The van der Waals surface area contributed by atoms with Crippen LogP contribution in [0.1, 0.15) is 12.8 Å². The molecule has 2 N–H and O–H groups in total. The minimum Gasteiger partial charge on any atom is -0.379 e. The molecule has 3 fully saturated rings. The van der Waals surface area contributed by atoms with Gasteiger partial charge in [-0.3, -0.25) is 9.80 Å². The van der Waals surface area contributed by atoms with Crippen LogP contribution in [0.15, 0.2) is 6.33 Å². The third kappa shape index (κ3) is 4.51. The van der Waals surface area contributed by atoms with Crippen molar-refractivity contribution in [3.8, 4) is 0 Å². The molecule has 0 atom stereocenters. The SMILES string of the molecule is c1nc(NCCN2CCOCC2)c2[nH]c(N3CCC(N4CCOCC4)CC3)nc2n1. The van der Waals surface area contributed by atoms with E-state index in [1.165, 1.54) is 0 Å². The molecule has 164 valence electrons. The van der Waals surface area contributed by atoms with E-state index in [0.29, 0.717) is 6.04 Å². The molecule has 2 aromatic rings. The highest BCUT2D eigenvalue weighted by atomic mass is 16.5. The number of rotatable bonds is 6. The summed E-state index contributed by atoms with van der Waals surface area (Å²) in [5.41, 5.74) is 1.62. The number of anilines is 2. The fourth-order valence-corrected chi connectivity index (χ4v) is 4.64. The van der Waals surface area contributed by atoms with Crippen molar-refractivity contribution in [3.63, 3.8) is 0 Å². The second-order valence-electron chi connectivity index (χ2n) is 8.23. The molecule has 5 heterocycles. The van der Waals surface area contributed by atoms with Gasteiger partial charge in [-0.15, -0.1) is 0 Å². The highest BCUT2D eigenvalue weighted by Crippen LogP contribution is 2.25. The van der Waals surface area contributed by atoms with Crippen molar-refractivity contribution >= 4 is 22.9 Å². The number of ether oxygens (including phenoxy) is 2. The highest BCUT2D eigenvalue weighted by molar-refractivity contribution is 5.84. The Bertz CT molecular complexity index is 810. The lowest BCUT2D eigenvalue weighted by atomic mass is 10.0. The molecule has 2 aromatic heterocycles. The van der Waals surface area contributed by atoms with Crippen molar-refractivity contribution in [2.45, 2.75) is 18.9 Å². The van der Waals surface area contributed by atoms with E-state index in [4.69, 9.17) is 14.5 Å². The summed E-state index contributed by atoms with van der Waals surface area (Å²) in [4.78, 5) is 24.4. The number of morpholine rings is 2. The van der Waals surface area contributed by atoms with E-state index in [1.807, 2.05) is 0 Å². The molecule has 3 aliphatic heterocycles. The number of H-pyrrole nitrogens is 1. The smallest absolute Gasteiger partial charge is 0.205 e. The van der Waals surface area contributed by atoms with Gasteiger partial charge in [0.15, 0.2) is 11.5 Å². The van der Waals surface area contributed by atoms with E-state index in [2.05, 4.69) is 35.0 Å². The molecule has 3 saturated heterocycles. The summed E-state index contributed by atoms with van der Waals surface area (Å²) < 4.78 is 10.9. The molecule has 3 aliphatic rings. The molecular weight excluding hydrogens is 384 g/mol. The number of fused-ring (bicyclic) bond motifs is 1. The van der Waals surface area contributed by atoms with E-state index in [0.717, 1.165) is 115 Å². The molecule has 5 rings (SSSR count). The van der Waals surface area contributed by atoms with Crippen molar-refractivity contribution in [1.29, 1.82) is 0 Å². The van der Waals surface area contributed by atoms with Gasteiger partial charge in [-0.25, -0.2) is 9.97 Å². The van der Waals surface area contributed by atoms with Gasteiger partial charge in [0.05, 0.1) is 26.4 Å². The van der Waals surface area contributed by atoms with Crippen LogP contribution in [0.5, 0.6) is 0 Å². The molecule has 0 radical (unpaired) electrons. The summed E-state index contributed by atoms with van der Waals surface area (Å²) in [7, 11) is 0. The maximum Gasteiger partial charge on any atom is 0.205 e. The van der Waals surface area contributed by atoms with Crippen molar-refractivity contribution in [3.05, 3.63) is 6.33 Å². The van der Waals surface area contributed by atoms with Crippen LogP contribution >= 0.6 is 0 Å². The third-order valence-electron chi connectivity index (χ3n) is 6.43. The zero-order chi connectivity index (χ0) is 20.2. The van der Waals surface area contributed by atoms with Gasteiger partial charge in [-0.2, -0.15) is 4.98 Å². The average molecular weight is 417 g/mol. The Labute approximate surface area is 176 Å². The topological polar surface area (TPSA) is 94.7 Å².